The molecule has 0 unspecified atom stereocenters. The van der Waals surface area contributed by atoms with Gasteiger partial charge in [0, 0.05) is 17.2 Å². The first-order valence-corrected chi connectivity index (χ1v) is 6.67. The van der Waals surface area contributed by atoms with Gasteiger partial charge in [-0.15, -0.1) is 0 Å². The molecule has 1 saturated heterocycles. The fraction of sp³-hybridized carbons (Fsp3) is 0.571. The smallest absolute Gasteiger partial charge is 0.119 e. The maximum Gasteiger partial charge on any atom is 0.119 e. The highest BCUT2D eigenvalue weighted by molar-refractivity contribution is 7.81. The molecule has 0 aromatic heterocycles. The molecule has 1 aliphatic heterocycles. The summed E-state index contributed by atoms with van der Waals surface area (Å²) >= 11 is 4.58. The number of hydrogen-bond donors (Lipinski definition) is 2. The summed E-state index contributed by atoms with van der Waals surface area (Å²) < 4.78 is 5.74. The second-order valence-electron chi connectivity index (χ2n) is 5.26. The molecule has 17 heavy (non-hydrogen) atoms. The minimum Gasteiger partial charge on any atom is -0.493 e. The molecule has 1 fully saturated rings. The predicted molar refractivity (Wildman–Crippen MR) is 74.9 cm³/mol. The highest BCUT2D eigenvalue weighted by Gasteiger charge is 2.17. The predicted octanol–water partition coefficient (Wildman–Crippen LogP) is 2.84. The fourth-order valence-corrected chi connectivity index (χ4v) is 2.18. The van der Waals surface area contributed by atoms with Gasteiger partial charge in [0.2, 0.25) is 0 Å². The second-order valence-corrected chi connectivity index (χ2v) is 6.37. The highest BCUT2D eigenvalue weighted by Crippen LogP contribution is 2.29. The van der Waals surface area contributed by atoms with Crippen molar-refractivity contribution in [1.82, 2.24) is 5.32 Å². The Bertz CT molecular complexity index is 367. The quantitative estimate of drug-likeness (QED) is 0.803. The summed E-state index contributed by atoms with van der Waals surface area (Å²) in [6.07, 6.45) is 1.22. The van der Waals surface area contributed by atoms with Crippen LogP contribution in [0, 0.1) is 5.92 Å². The van der Waals surface area contributed by atoms with Crippen molar-refractivity contribution in [1.29, 1.82) is 0 Å². The molecule has 0 saturated carbocycles. The van der Waals surface area contributed by atoms with Gasteiger partial charge in [0.1, 0.15) is 5.75 Å². The molecular weight excluding hydrogens is 230 g/mol. The topological polar surface area (TPSA) is 21.3 Å². The summed E-state index contributed by atoms with van der Waals surface area (Å²) in [5.74, 6) is 1.61. The van der Waals surface area contributed by atoms with Crippen LogP contribution in [0.25, 0.3) is 0 Å². The van der Waals surface area contributed by atoms with E-state index in [-0.39, 0.29) is 4.75 Å². The molecule has 1 aromatic carbocycles. The molecule has 0 radical (unpaired) electrons. The third-order valence-corrected chi connectivity index (χ3v) is 3.45. The van der Waals surface area contributed by atoms with Gasteiger partial charge in [0.15, 0.2) is 0 Å². The van der Waals surface area contributed by atoms with E-state index in [4.69, 9.17) is 4.74 Å². The molecular formula is C14H21NOS. The van der Waals surface area contributed by atoms with Crippen LogP contribution in [0.5, 0.6) is 5.75 Å². The van der Waals surface area contributed by atoms with Crippen LogP contribution in [0.15, 0.2) is 24.3 Å². The molecule has 2 rings (SSSR count). The van der Waals surface area contributed by atoms with Gasteiger partial charge < -0.3 is 10.1 Å². The number of nitrogens with one attached hydrogen (secondary N) is 1. The van der Waals surface area contributed by atoms with Gasteiger partial charge in [-0.25, -0.2) is 0 Å². The molecule has 1 atom stereocenters. The van der Waals surface area contributed by atoms with E-state index in [2.05, 4.69) is 43.9 Å². The zero-order valence-electron chi connectivity index (χ0n) is 10.6. The summed E-state index contributed by atoms with van der Waals surface area (Å²) in [6.45, 7) is 7.20. The first-order valence-electron chi connectivity index (χ1n) is 6.22. The van der Waals surface area contributed by atoms with Gasteiger partial charge in [0.05, 0.1) is 6.61 Å². The lowest BCUT2D eigenvalue weighted by atomic mass is 10.0. The van der Waals surface area contributed by atoms with Crippen LogP contribution in [0.2, 0.25) is 0 Å². The second kappa shape index (κ2) is 5.32. The lowest BCUT2D eigenvalue weighted by molar-refractivity contribution is 0.260. The molecule has 1 aromatic rings. The molecule has 1 N–H and O–H groups in total. The van der Waals surface area contributed by atoms with E-state index in [1.807, 2.05) is 12.1 Å². The third kappa shape index (κ3) is 3.65. The SMILES string of the molecule is CC(C)(S)c1cccc(OC[C@H]2CCNC2)c1. The molecule has 0 bridgehead atoms. The minimum atomic E-state index is -0.117. The number of benzene rings is 1. The molecule has 0 aliphatic carbocycles. The molecule has 1 heterocycles. The van der Waals surface area contributed by atoms with Gasteiger partial charge in [-0.05, 0) is 44.5 Å². The normalized spacial score (nSPS) is 20.5. The maximum atomic E-state index is 5.85. The lowest BCUT2D eigenvalue weighted by Crippen LogP contribution is -2.15. The van der Waals surface area contributed by atoms with Crippen molar-refractivity contribution < 1.29 is 4.74 Å². The molecule has 1 aliphatic rings. The molecule has 3 heteroatoms. The van der Waals surface area contributed by atoms with E-state index in [0.29, 0.717) is 5.92 Å². The van der Waals surface area contributed by atoms with Gasteiger partial charge in [-0.1, -0.05) is 12.1 Å². The van der Waals surface area contributed by atoms with Crippen molar-refractivity contribution in [3.8, 4) is 5.75 Å². The van der Waals surface area contributed by atoms with E-state index in [0.717, 1.165) is 25.4 Å². The van der Waals surface area contributed by atoms with Crippen molar-refractivity contribution in [2.45, 2.75) is 25.0 Å². The molecule has 2 nitrogen and oxygen atoms in total. The maximum absolute atomic E-state index is 5.85. The van der Waals surface area contributed by atoms with E-state index in [9.17, 15) is 0 Å². The summed E-state index contributed by atoms with van der Waals surface area (Å²) in [5.41, 5.74) is 1.20. The Morgan fingerprint density at radius 3 is 2.94 bits per heavy atom. The van der Waals surface area contributed by atoms with E-state index < -0.39 is 0 Å². The molecule has 0 spiro atoms. The Hall–Kier alpha value is -0.670. The Morgan fingerprint density at radius 1 is 1.47 bits per heavy atom. The summed E-state index contributed by atoms with van der Waals surface area (Å²) in [6, 6.07) is 8.24. The lowest BCUT2D eigenvalue weighted by Gasteiger charge is -2.19. The van der Waals surface area contributed by atoms with Crippen LogP contribution >= 0.6 is 12.6 Å². The van der Waals surface area contributed by atoms with Crippen LogP contribution in [0.4, 0.5) is 0 Å². The first kappa shape index (κ1) is 12.8. The average molecular weight is 251 g/mol. The van der Waals surface area contributed by atoms with E-state index in [1.165, 1.54) is 12.0 Å². The van der Waals surface area contributed by atoms with Gasteiger partial charge in [-0.2, -0.15) is 12.6 Å². The van der Waals surface area contributed by atoms with Crippen LogP contribution < -0.4 is 10.1 Å². The van der Waals surface area contributed by atoms with Crippen molar-refractivity contribution in [2.24, 2.45) is 5.92 Å². The minimum absolute atomic E-state index is 0.117. The number of rotatable bonds is 4. The van der Waals surface area contributed by atoms with Crippen molar-refractivity contribution in [2.75, 3.05) is 19.7 Å². The van der Waals surface area contributed by atoms with Crippen LogP contribution in [0.3, 0.4) is 0 Å². The first-order chi connectivity index (χ1) is 8.05. The largest absolute Gasteiger partial charge is 0.493 e. The Morgan fingerprint density at radius 2 is 2.29 bits per heavy atom. The number of thiol groups is 1. The summed E-state index contributed by atoms with van der Waals surface area (Å²) in [4.78, 5) is 0. The van der Waals surface area contributed by atoms with Crippen molar-refractivity contribution in [3.05, 3.63) is 29.8 Å². The van der Waals surface area contributed by atoms with E-state index >= 15 is 0 Å². The van der Waals surface area contributed by atoms with Gasteiger partial charge >= 0.3 is 0 Å². The highest BCUT2D eigenvalue weighted by atomic mass is 32.1. The fourth-order valence-electron chi connectivity index (χ4n) is 2.04. The Balaban J connectivity index is 1.96. The van der Waals surface area contributed by atoms with Crippen molar-refractivity contribution >= 4 is 12.6 Å². The van der Waals surface area contributed by atoms with Crippen LogP contribution in [0.1, 0.15) is 25.8 Å². The Labute approximate surface area is 109 Å². The summed E-state index contributed by atoms with van der Waals surface area (Å²) in [7, 11) is 0. The monoisotopic (exact) mass is 251 g/mol. The zero-order valence-corrected chi connectivity index (χ0v) is 11.5. The third-order valence-electron chi connectivity index (χ3n) is 3.19. The van der Waals surface area contributed by atoms with Crippen LogP contribution in [-0.4, -0.2) is 19.7 Å². The zero-order chi connectivity index (χ0) is 12.3. The van der Waals surface area contributed by atoms with Gasteiger partial charge in [-0.3, -0.25) is 0 Å². The molecule has 0 amide bonds. The standard InChI is InChI=1S/C14H21NOS/c1-14(2,17)12-4-3-5-13(8-12)16-10-11-6-7-15-9-11/h3-5,8,11,15,17H,6-7,9-10H2,1-2H3/t11-/m0/s1. The van der Waals surface area contributed by atoms with E-state index in [1.54, 1.807) is 0 Å². The average Bonchev–Trinajstić information content (AvgIpc) is 2.78. The summed E-state index contributed by atoms with van der Waals surface area (Å²) in [5, 5.41) is 3.35. The number of hydrogen-bond acceptors (Lipinski definition) is 3. The number of ether oxygens (including phenoxy) is 1. The van der Waals surface area contributed by atoms with Crippen molar-refractivity contribution in [3.63, 3.8) is 0 Å². The molecule has 94 valence electrons. The van der Waals surface area contributed by atoms with Gasteiger partial charge in [0.25, 0.3) is 0 Å². The Kier molecular flexibility index (Phi) is 4.00. The van der Waals surface area contributed by atoms with Crippen LogP contribution in [-0.2, 0) is 4.75 Å².